The summed E-state index contributed by atoms with van der Waals surface area (Å²) in [6, 6.07) is 6.17. The van der Waals surface area contributed by atoms with E-state index >= 15 is 0 Å². The van der Waals surface area contributed by atoms with Gasteiger partial charge in [0.15, 0.2) is 11.6 Å². The molecule has 1 aliphatic carbocycles. The molecule has 1 aliphatic rings. The summed E-state index contributed by atoms with van der Waals surface area (Å²) in [5.41, 5.74) is -0.341. The van der Waals surface area contributed by atoms with E-state index < -0.39 is 35.2 Å². The molecule has 3 N–H and O–H groups in total. The van der Waals surface area contributed by atoms with Gasteiger partial charge >= 0.3 is 18.0 Å². The van der Waals surface area contributed by atoms with Gasteiger partial charge in [0.1, 0.15) is 11.9 Å². The molecule has 4 atom stereocenters. The molecular formula is C27H28F5N3O3. The summed E-state index contributed by atoms with van der Waals surface area (Å²) in [5.74, 6) is -3.59. The highest BCUT2D eigenvalue weighted by Gasteiger charge is 2.39. The normalized spacial score (nSPS) is 21.8. The Bertz CT molecular complexity index is 1290. The number of halogens is 5. The molecule has 1 fully saturated rings. The number of ether oxygens (including phenoxy) is 1. The molecule has 38 heavy (non-hydrogen) atoms. The second kappa shape index (κ2) is 11.0. The molecule has 2 amide bonds. The van der Waals surface area contributed by atoms with Crippen molar-refractivity contribution in [2.75, 3.05) is 5.32 Å². The first kappa shape index (κ1) is 27.4. The van der Waals surface area contributed by atoms with Gasteiger partial charge in [-0.3, -0.25) is 9.59 Å². The molecule has 1 saturated carbocycles. The largest absolute Gasteiger partial charge is 0.490 e. The van der Waals surface area contributed by atoms with Crippen molar-refractivity contribution in [2.24, 2.45) is 11.8 Å². The van der Waals surface area contributed by atoms with Gasteiger partial charge in [-0.2, -0.15) is 13.2 Å². The van der Waals surface area contributed by atoms with Crippen molar-refractivity contribution in [1.82, 2.24) is 10.3 Å². The molecule has 6 nitrogen and oxygen atoms in total. The van der Waals surface area contributed by atoms with Gasteiger partial charge in [0.05, 0.1) is 16.8 Å². The molecule has 0 radical (unpaired) electrons. The van der Waals surface area contributed by atoms with Crippen molar-refractivity contribution in [3.8, 4) is 5.75 Å². The fourth-order valence-corrected chi connectivity index (χ4v) is 5.12. The molecule has 2 aromatic carbocycles. The van der Waals surface area contributed by atoms with E-state index in [9.17, 15) is 31.5 Å². The predicted molar refractivity (Wildman–Crippen MR) is 131 cm³/mol. The van der Waals surface area contributed by atoms with Crippen molar-refractivity contribution in [3.63, 3.8) is 0 Å². The zero-order valence-corrected chi connectivity index (χ0v) is 20.8. The van der Waals surface area contributed by atoms with Crippen molar-refractivity contribution < 1.29 is 36.3 Å². The van der Waals surface area contributed by atoms with Crippen molar-refractivity contribution in [2.45, 2.75) is 57.9 Å². The Morgan fingerprint density at radius 2 is 1.58 bits per heavy atom. The number of alkyl halides is 3. The summed E-state index contributed by atoms with van der Waals surface area (Å²) in [5, 5.41) is 5.42. The number of rotatable bonds is 6. The number of H-pyrrole nitrogens is 1. The SMILES string of the molecule is CC[C@@H]1C[C@@H](NC(=O)C(=O)Nc2c[nH]c3cc(F)c(F)cc23)C[C@H](CC)[C@H]1Oc1ccc(C(F)(F)F)cc1. The van der Waals surface area contributed by atoms with Crippen LogP contribution in [0, 0.1) is 23.5 Å². The van der Waals surface area contributed by atoms with E-state index in [1.54, 1.807) is 0 Å². The third-order valence-electron chi connectivity index (χ3n) is 7.12. The first-order chi connectivity index (χ1) is 18.0. The summed E-state index contributed by atoms with van der Waals surface area (Å²) in [6.07, 6.45) is -0.885. The zero-order valence-electron chi connectivity index (χ0n) is 20.8. The second-order valence-corrected chi connectivity index (χ2v) is 9.55. The molecule has 204 valence electrons. The van der Waals surface area contributed by atoms with Gasteiger partial charge in [0.25, 0.3) is 0 Å². The standard InChI is InChI=1S/C27H28F5N3O3/c1-3-14-9-17(10-15(4-2)24(14)38-18-7-5-16(6-8-18)27(30,31)32)34-25(36)26(37)35-23-13-33-22-12-21(29)20(28)11-19(22)23/h5-8,11-15,17,24,33H,3-4,9-10H2,1-2H3,(H,34,36)(H,35,37)/t14-,15+,17-,24+. The Morgan fingerprint density at radius 3 is 2.16 bits per heavy atom. The van der Waals surface area contributed by atoms with Crippen LogP contribution in [0.3, 0.4) is 0 Å². The summed E-state index contributed by atoms with van der Waals surface area (Å²) >= 11 is 0. The fraction of sp³-hybridized carbons (Fsp3) is 0.407. The number of hydrogen-bond acceptors (Lipinski definition) is 3. The molecule has 0 spiro atoms. The summed E-state index contributed by atoms with van der Waals surface area (Å²) < 4.78 is 71.9. The number of fused-ring (bicyclic) bond motifs is 1. The Hall–Kier alpha value is -3.63. The van der Waals surface area contributed by atoms with Crippen LogP contribution in [0.15, 0.2) is 42.6 Å². The van der Waals surface area contributed by atoms with Gasteiger partial charge in [0, 0.05) is 23.7 Å². The minimum absolute atomic E-state index is 0.00385. The van der Waals surface area contributed by atoms with Crippen molar-refractivity contribution in [1.29, 1.82) is 0 Å². The number of aromatic nitrogens is 1. The minimum Gasteiger partial charge on any atom is -0.490 e. The van der Waals surface area contributed by atoms with Crippen LogP contribution in [0.4, 0.5) is 27.6 Å². The fourth-order valence-electron chi connectivity index (χ4n) is 5.12. The number of benzene rings is 2. The molecule has 3 aromatic rings. The number of nitrogens with one attached hydrogen (secondary N) is 3. The lowest BCUT2D eigenvalue weighted by Gasteiger charge is -2.41. The average Bonchev–Trinajstić information content (AvgIpc) is 3.25. The van der Waals surface area contributed by atoms with Crippen molar-refractivity contribution >= 4 is 28.4 Å². The quantitative estimate of drug-likeness (QED) is 0.259. The highest BCUT2D eigenvalue weighted by Crippen LogP contribution is 2.37. The monoisotopic (exact) mass is 537 g/mol. The van der Waals surface area contributed by atoms with Gasteiger partial charge in [0.2, 0.25) is 0 Å². The van der Waals surface area contributed by atoms with E-state index in [-0.39, 0.29) is 40.6 Å². The molecule has 1 aromatic heterocycles. The van der Waals surface area contributed by atoms with Crippen LogP contribution >= 0.6 is 0 Å². The first-order valence-corrected chi connectivity index (χ1v) is 12.4. The first-order valence-electron chi connectivity index (χ1n) is 12.4. The number of carbonyl (C=O) groups is 2. The Labute approximate surface area is 215 Å². The lowest BCUT2D eigenvalue weighted by molar-refractivity contribution is -0.137. The maximum absolute atomic E-state index is 13.6. The van der Waals surface area contributed by atoms with Gasteiger partial charge in [-0.25, -0.2) is 8.78 Å². The smallest absolute Gasteiger partial charge is 0.416 e. The highest BCUT2D eigenvalue weighted by molar-refractivity contribution is 6.40. The van der Waals surface area contributed by atoms with Gasteiger partial charge in [-0.15, -0.1) is 0 Å². The van der Waals surface area contributed by atoms with E-state index in [1.165, 1.54) is 18.3 Å². The lowest BCUT2D eigenvalue weighted by Crippen LogP contribution is -2.50. The number of hydrogen-bond donors (Lipinski definition) is 3. The van der Waals surface area contributed by atoms with E-state index in [0.29, 0.717) is 31.4 Å². The molecule has 4 rings (SSSR count). The Balaban J connectivity index is 1.40. The van der Waals surface area contributed by atoms with E-state index in [4.69, 9.17) is 4.74 Å². The van der Waals surface area contributed by atoms with Gasteiger partial charge < -0.3 is 20.4 Å². The molecule has 0 bridgehead atoms. The maximum Gasteiger partial charge on any atom is 0.416 e. The average molecular weight is 538 g/mol. The Morgan fingerprint density at radius 1 is 0.974 bits per heavy atom. The molecule has 0 aliphatic heterocycles. The molecule has 11 heteroatoms. The Kier molecular flexibility index (Phi) is 7.94. The third-order valence-corrected chi connectivity index (χ3v) is 7.12. The number of aromatic amines is 1. The van der Waals surface area contributed by atoms with Crippen LogP contribution in [-0.2, 0) is 15.8 Å². The summed E-state index contributed by atoms with van der Waals surface area (Å²) in [6.45, 7) is 3.94. The van der Waals surface area contributed by atoms with Crippen LogP contribution in [0.1, 0.15) is 45.1 Å². The number of carbonyl (C=O) groups excluding carboxylic acids is 2. The van der Waals surface area contributed by atoms with Crippen LogP contribution in [0.25, 0.3) is 10.9 Å². The van der Waals surface area contributed by atoms with Crippen LogP contribution in [0.5, 0.6) is 5.75 Å². The van der Waals surface area contributed by atoms with Gasteiger partial charge in [-0.05, 0) is 67.9 Å². The topological polar surface area (TPSA) is 83.2 Å². The molecule has 0 saturated heterocycles. The number of anilines is 1. The van der Waals surface area contributed by atoms with Crippen LogP contribution in [0.2, 0.25) is 0 Å². The molecule has 0 unspecified atom stereocenters. The lowest BCUT2D eigenvalue weighted by atomic mass is 9.73. The minimum atomic E-state index is -4.43. The van der Waals surface area contributed by atoms with Crippen LogP contribution in [-0.4, -0.2) is 28.9 Å². The molecule has 1 heterocycles. The molecular weight excluding hydrogens is 509 g/mol. The zero-order chi connectivity index (χ0) is 27.6. The highest BCUT2D eigenvalue weighted by atomic mass is 19.4. The second-order valence-electron chi connectivity index (χ2n) is 9.55. The van der Waals surface area contributed by atoms with E-state index in [2.05, 4.69) is 15.6 Å². The van der Waals surface area contributed by atoms with Crippen LogP contribution < -0.4 is 15.4 Å². The number of amides is 2. The van der Waals surface area contributed by atoms with E-state index in [1.807, 2.05) is 13.8 Å². The van der Waals surface area contributed by atoms with E-state index in [0.717, 1.165) is 24.3 Å². The maximum atomic E-state index is 13.6. The van der Waals surface area contributed by atoms with Gasteiger partial charge in [-0.1, -0.05) is 13.8 Å². The van der Waals surface area contributed by atoms with Crippen molar-refractivity contribution in [3.05, 3.63) is 59.8 Å². The summed E-state index contributed by atoms with van der Waals surface area (Å²) in [4.78, 5) is 28.0. The predicted octanol–water partition coefficient (Wildman–Crippen LogP) is 6.18. The summed E-state index contributed by atoms with van der Waals surface area (Å²) in [7, 11) is 0. The third kappa shape index (κ3) is 5.92.